The summed E-state index contributed by atoms with van der Waals surface area (Å²) in [6.45, 7) is 4.40. The molecule has 0 aliphatic heterocycles. The van der Waals surface area contributed by atoms with E-state index in [1.165, 1.54) is 0 Å². The number of rotatable bonds is 10. The largest absolute Gasteiger partial charge is 0.490 e. The lowest BCUT2D eigenvalue weighted by Gasteiger charge is -2.19. The second-order valence-corrected chi connectivity index (χ2v) is 9.77. The van der Waals surface area contributed by atoms with Gasteiger partial charge >= 0.3 is 18.1 Å². The first-order valence-corrected chi connectivity index (χ1v) is 12.9. The van der Waals surface area contributed by atoms with E-state index < -0.39 is 30.1 Å². The summed E-state index contributed by atoms with van der Waals surface area (Å²) in [5.41, 5.74) is 8.85. The highest BCUT2D eigenvalue weighted by Crippen LogP contribution is 2.33. The van der Waals surface area contributed by atoms with Gasteiger partial charge in [-0.1, -0.05) is 56.3 Å². The standard InChI is InChI=1S/C26H31N3O3S.C2HF3O2/c1-16(2)12-24(26(31)32)29-25(30)22-11-10-19(28-14-18(27)15-33)13-23(22)21-9-5-7-17-6-3-4-8-20(17)21;3-2(4,5)1(6)7/h3-11,13,16,18,24,28,33H,12,14-15,27H2,1-2H3,(H,29,30)(H,31,32);(H,6,7). The van der Waals surface area contributed by atoms with Crippen LogP contribution in [-0.2, 0) is 9.59 Å². The molecule has 6 N–H and O–H groups in total. The summed E-state index contributed by atoms with van der Waals surface area (Å²) in [5, 5.41) is 24.8. The Morgan fingerprint density at radius 2 is 1.60 bits per heavy atom. The van der Waals surface area contributed by atoms with Gasteiger partial charge in [-0.15, -0.1) is 0 Å². The third kappa shape index (κ3) is 9.45. The summed E-state index contributed by atoms with van der Waals surface area (Å²) in [4.78, 5) is 33.9. The molecular formula is C28H32F3N3O5S. The molecule has 3 aromatic rings. The summed E-state index contributed by atoms with van der Waals surface area (Å²) < 4.78 is 31.7. The number of carbonyl (C=O) groups excluding carboxylic acids is 1. The molecular weight excluding hydrogens is 547 g/mol. The van der Waals surface area contributed by atoms with Crippen LogP contribution in [0.15, 0.2) is 60.7 Å². The average Bonchev–Trinajstić information content (AvgIpc) is 2.90. The number of anilines is 1. The zero-order valence-corrected chi connectivity index (χ0v) is 22.8. The Morgan fingerprint density at radius 1 is 0.975 bits per heavy atom. The number of aliphatic carboxylic acids is 2. The first-order valence-electron chi connectivity index (χ1n) is 12.3. The van der Waals surface area contributed by atoms with Crippen LogP contribution < -0.4 is 16.4 Å². The molecule has 2 unspecified atom stereocenters. The summed E-state index contributed by atoms with van der Waals surface area (Å²) in [6, 6.07) is 18.3. The molecule has 0 radical (unpaired) electrons. The van der Waals surface area contributed by atoms with Crippen LogP contribution in [0.3, 0.4) is 0 Å². The molecule has 12 heteroatoms. The number of hydrogen-bond acceptors (Lipinski definition) is 6. The summed E-state index contributed by atoms with van der Waals surface area (Å²) >= 11 is 4.23. The molecule has 0 spiro atoms. The van der Waals surface area contributed by atoms with Crippen molar-refractivity contribution in [3.05, 3.63) is 66.2 Å². The van der Waals surface area contributed by atoms with Crippen LogP contribution in [0, 0.1) is 5.92 Å². The van der Waals surface area contributed by atoms with Crippen LogP contribution >= 0.6 is 12.6 Å². The lowest BCUT2D eigenvalue weighted by Crippen LogP contribution is -2.41. The molecule has 3 rings (SSSR count). The number of carboxylic acid groups (broad SMARTS) is 2. The quantitative estimate of drug-likeness (QED) is 0.185. The molecule has 0 aliphatic rings. The van der Waals surface area contributed by atoms with Crippen LogP contribution in [0.2, 0.25) is 0 Å². The van der Waals surface area contributed by atoms with Crippen LogP contribution in [0.25, 0.3) is 21.9 Å². The van der Waals surface area contributed by atoms with E-state index >= 15 is 0 Å². The molecule has 216 valence electrons. The number of alkyl halides is 3. The summed E-state index contributed by atoms with van der Waals surface area (Å²) in [7, 11) is 0. The van der Waals surface area contributed by atoms with E-state index in [9.17, 15) is 27.9 Å². The molecule has 0 fully saturated rings. The maximum atomic E-state index is 13.3. The van der Waals surface area contributed by atoms with Crippen LogP contribution in [-0.4, -0.2) is 58.6 Å². The number of thiol groups is 1. The Morgan fingerprint density at radius 3 is 2.17 bits per heavy atom. The lowest BCUT2D eigenvalue weighted by atomic mass is 9.93. The minimum absolute atomic E-state index is 0.107. The van der Waals surface area contributed by atoms with Gasteiger partial charge in [0.2, 0.25) is 0 Å². The molecule has 0 heterocycles. The number of nitrogens with one attached hydrogen (secondary N) is 2. The molecule has 1 amide bonds. The SMILES string of the molecule is CC(C)CC(NC(=O)c1ccc(NCC(N)CS)cc1-c1cccc2ccccc12)C(=O)O.O=C(O)C(F)(F)F. The van der Waals surface area contributed by atoms with Crippen molar-refractivity contribution in [2.75, 3.05) is 17.6 Å². The Bertz CT molecular complexity index is 1330. The molecule has 2 atom stereocenters. The average molecular weight is 580 g/mol. The predicted molar refractivity (Wildman–Crippen MR) is 152 cm³/mol. The number of amides is 1. The van der Waals surface area contributed by atoms with Crippen molar-refractivity contribution in [2.45, 2.75) is 38.5 Å². The number of hydrogen-bond donors (Lipinski definition) is 6. The van der Waals surface area contributed by atoms with Gasteiger partial charge in [-0.2, -0.15) is 25.8 Å². The number of halogens is 3. The highest BCUT2D eigenvalue weighted by atomic mass is 32.1. The van der Waals surface area contributed by atoms with E-state index in [0.29, 0.717) is 24.3 Å². The summed E-state index contributed by atoms with van der Waals surface area (Å²) in [6.07, 6.45) is -4.73. The van der Waals surface area contributed by atoms with Gasteiger partial charge < -0.3 is 26.6 Å². The fourth-order valence-corrected chi connectivity index (χ4v) is 3.91. The third-order valence-electron chi connectivity index (χ3n) is 5.70. The second kappa shape index (κ2) is 14.6. The lowest BCUT2D eigenvalue weighted by molar-refractivity contribution is -0.192. The van der Waals surface area contributed by atoms with Gasteiger partial charge in [0.15, 0.2) is 0 Å². The molecule has 0 saturated carbocycles. The maximum Gasteiger partial charge on any atom is 0.490 e. The monoisotopic (exact) mass is 579 g/mol. The normalized spacial score (nSPS) is 12.7. The Labute approximate surface area is 235 Å². The fraction of sp³-hybridized carbons (Fsp3) is 0.321. The zero-order valence-electron chi connectivity index (χ0n) is 21.9. The first kappa shape index (κ1) is 32.4. The van der Waals surface area contributed by atoms with Crippen molar-refractivity contribution in [1.29, 1.82) is 0 Å². The topological polar surface area (TPSA) is 142 Å². The number of benzene rings is 3. The Kier molecular flexibility index (Phi) is 11.8. The highest BCUT2D eigenvalue weighted by Gasteiger charge is 2.38. The van der Waals surface area contributed by atoms with Gasteiger partial charge in [-0.05, 0) is 52.4 Å². The van der Waals surface area contributed by atoms with E-state index in [0.717, 1.165) is 27.6 Å². The van der Waals surface area contributed by atoms with Crippen molar-refractivity contribution in [1.82, 2.24) is 5.32 Å². The summed E-state index contributed by atoms with van der Waals surface area (Å²) in [5.74, 6) is -3.53. The van der Waals surface area contributed by atoms with Gasteiger partial charge in [0, 0.05) is 29.6 Å². The molecule has 0 bridgehead atoms. The first-order chi connectivity index (χ1) is 18.7. The van der Waals surface area contributed by atoms with Gasteiger partial charge in [-0.3, -0.25) is 4.79 Å². The third-order valence-corrected chi connectivity index (χ3v) is 6.17. The van der Waals surface area contributed by atoms with Gasteiger partial charge in [0.1, 0.15) is 6.04 Å². The van der Waals surface area contributed by atoms with Crippen molar-refractivity contribution in [3.63, 3.8) is 0 Å². The van der Waals surface area contributed by atoms with Crippen molar-refractivity contribution in [3.8, 4) is 11.1 Å². The van der Waals surface area contributed by atoms with Gasteiger partial charge in [0.25, 0.3) is 5.91 Å². The molecule has 0 saturated heterocycles. The predicted octanol–water partition coefficient (Wildman–Crippen LogP) is 5.04. The van der Waals surface area contributed by atoms with Crippen molar-refractivity contribution < 1.29 is 37.8 Å². The molecule has 3 aromatic carbocycles. The number of nitrogens with two attached hydrogens (primary N) is 1. The van der Waals surface area contributed by atoms with E-state index in [1.54, 1.807) is 6.07 Å². The van der Waals surface area contributed by atoms with Gasteiger partial charge in [-0.25, -0.2) is 9.59 Å². The minimum Gasteiger partial charge on any atom is -0.480 e. The Hall–Kier alpha value is -3.77. The molecule has 40 heavy (non-hydrogen) atoms. The molecule has 0 aromatic heterocycles. The number of fused-ring (bicyclic) bond motifs is 1. The second-order valence-electron chi connectivity index (χ2n) is 9.41. The van der Waals surface area contributed by atoms with Crippen molar-refractivity contribution >= 4 is 46.9 Å². The van der Waals surface area contributed by atoms with E-state index in [-0.39, 0.29) is 12.0 Å². The Balaban J connectivity index is 0.000000708. The zero-order chi connectivity index (χ0) is 30.0. The number of carbonyl (C=O) groups is 3. The maximum absolute atomic E-state index is 13.3. The van der Waals surface area contributed by atoms with Crippen LogP contribution in [0.1, 0.15) is 30.6 Å². The molecule has 8 nitrogen and oxygen atoms in total. The number of carboxylic acids is 2. The van der Waals surface area contributed by atoms with E-state index in [1.807, 2.05) is 68.4 Å². The van der Waals surface area contributed by atoms with E-state index in [2.05, 4.69) is 23.3 Å². The van der Waals surface area contributed by atoms with Gasteiger partial charge in [0.05, 0.1) is 0 Å². The minimum atomic E-state index is -5.08. The van der Waals surface area contributed by atoms with Crippen LogP contribution in [0.5, 0.6) is 0 Å². The molecule has 0 aliphatic carbocycles. The van der Waals surface area contributed by atoms with Crippen molar-refractivity contribution in [2.24, 2.45) is 11.7 Å². The highest BCUT2D eigenvalue weighted by molar-refractivity contribution is 7.80. The smallest absolute Gasteiger partial charge is 0.480 e. The fourth-order valence-electron chi connectivity index (χ4n) is 3.78. The van der Waals surface area contributed by atoms with E-state index in [4.69, 9.17) is 15.6 Å². The van der Waals surface area contributed by atoms with Crippen LogP contribution in [0.4, 0.5) is 18.9 Å².